The summed E-state index contributed by atoms with van der Waals surface area (Å²) in [5.41, 5.74) is 1.18. The Bertz CT molecular complexity index is 1300. The Labute approximate surface area is 204 Å². The van der Waals surface area contributed by atoms with Crippen molar-refractivity contribution in [1.82, 2.24) is 4.90 Å². The fourth-order valence-electron chi connectivity index (χ4n) is 4.64. The molecule has 35 heavy (non-hydrogen) atoms. The molecule has 1 atom stereocenters. The van der Waals surface area contributed by atoms with Gasteiger partial charge in [0.05, 0.1) is 24.9 Å². The summed E-state index contributed by atoms with van der Waals surface area (Å²) in [6, 6.07) is 18.8. The van der Waals surface area contributed by atoms with Crippen LogP contribution in [-0.2, 0) is 22.4 Å². The van der Waals surface area contributed by atoms with E-state index < -0.39 is 16.6 Å². The van der Waals surface area contributed by atoms with E-state index >= 15 is 0 Å². The number of amides is 2. The molecule has 0 N–H and O–H groups in total. The van der Waals surface area contributed by atoms with E-state index in [9.17, 15) is 22.8 Å². The standard InChI is InChI=1S/C26H21F3N2O3S/c1-34-20-10-11-22-21(15-20)25(31(12-13-35-25)23(32)18-7-3-2-4-8-18)24(33)30(22)16-17-6-5-9-19(14-17)26(27,28)29/h2-11,14-15H,12-13,16H2,1H3/t25-/m1/s1. The van der Waals surface area contributed by atoms with E-state index in [1.807, 2.05) is 6.07 Å². The summed E-state index contributed by atoms with van der Waals surface area (Å²) in [6.45, 7) is 0.302. The molecule has 2 heterocycles. The molecule has 0 aromatic heterocycles. The molecule has 1 spiro atoms. The van der Waals surface area contributed by atoms with Gasteiger partial charge in [0.2, 0.25) is 0 Å². The molecule has 3 aromatic carbocycles. The summed E-state index contributed by atoms with van der Waals surface area (Å²) < 4.78 is 45.2. The van der Waals surface area contributed by atoms with Crippen LogP contribution >= 0.6 is 11.8 Å². The number of carbonyl (C=O) groups excluding carboxylic acids is 2. The minimum absolute atomic E-state index is 0.0578. The van der Waals surface area contributed by atoms with Crippen molar-refractivity contribution in [2.75, 3.05) is 24.3 Å². The number of carbonyl (C=O) groups is 2. The predicted molar refractivity (Wildman–Crippen MR) is 127 cm³/mol. The van der Waals surface area contributed by atoms with Gasteiger partial charge in [-0.15, -0.1) is 11.8 Å². The number of thioether (sulfide) groups is 1. The Morgan fingerprint density at radius 2 is 1.83 bits per heavy atom. The van der Waals surface area contributed by atoms with Crippen LogP contribution in [0.25, 0.3) is 0 Å². The molecule has 2 aliphatic rings. The monoisotopic (exact) mass is 498 g/mol. The first-order chi connectivity index (χ1) is 16.8. The van der Waals surface area contributed by atoms with Gasteiger partial charge in [0, 0.05) is 23.4 Å². The number of alkyl halides is 3. The summed E-state index contributed by atoms with van der Waals surface area (Å²) >= 11 is 1.35. The molecule has 9 heteroatoms. The second-order valence-electron chi connectivity index (χ2n) is 8.29. The normalized spacial score (nSPS) is 19.4. The van der Waals surface area contributed by atoms with Crippen LogP contribution in [0.3, 0.4) is 0 Å². The van der Waals surface area contributed by atoms with Crippen LogP contribution in [0.5, 0.6) is 5.75 Å². The molecule has 0 aliphatic carbocycles. The molecule has 5 rings (SSSR count). The summed E-state index contributed by atoms with van der Waals surface area (Å²) in [5.74, 6) is 0.429. The molecular weight excluding hydrogens is 477 g/mol. The number of hydrogen-bond acceptors (Lipinski definition) is 4. The molecule has 180 valence electrons. The van der Waals surface area contributed by atoms with Crippen molar-refractivity contribution < 1.29 is 27.5 Å². The van der Waals surface area contributed by atoms with Gasteiger partial charge in [0.25, 0.3) is 11.8 Å². The second kappa shape index (κ2) is 8.64. The number of anilines is 1. The predicted octanol–water partition coefficient (Wildman–Crippen LogP) is 5.30. The number of rotatable bonds is 4. The van der Waals surface area contributed by atoms with E-state index in [1.54, 1.807) is 53.4 Å². The van der Waals surface area contributed by atoms with Crippen LogP contribution in [0.1, 0.15) is 27.0 Å². The first-order valence-electron chi connectivity index (χ1n) is 10.9. The largest absolute Gasteiger partial charge is 0.497 e. The molecule has 3 aromatic rings. The number of methoxy groups -OCH3 is 1. The number of fused-ring (bicyclic) bond motifs is 2. The molecule has 5 nitrogen and oxygen atoms in total. The van der Waals surface area contributed by atoms with Gasteiger partial charge in [-0.25, -0.2) is 0 Å². The van der Waals surface area contributed by atoms with Crippen molar-refractivity contribution in [1.29, 1.82) is 0 Å². The summed E-state index contributed by atoms with van der Waals surface area (Å²) in [5, 5.41) is 0. The fourth-order valence-corrected chi connectivity index (χ4v) is 6.10. The Hall–Kier alpha value is -3.46. The summed E-state index contributed by atoms with van der Waals surface area (Å²) in [6.07, 6.45) is -4.49. The van der Waals surface area contributed by atoms with E-state index in [0.717, 1.165) is 12.1 Å². The third kappa shape index (κ3) is 3.83. The van der Waals surface area contributed by atoms with Crippen LogP contribution < -0.4 is 9.64 Å². The molecule has 2 aliphatic heterocycles. The van der Waals surface area contributed by atoms with Gasteiger partial charge in [-0.05, 0) is 48.0 Å². The Morgan fingerprint density at radius 3 is 2.54 bits per heavy atom. The maximum atomic E-state index is 14.1. The van der Waals surface area contributed by atoms with Crippen molar-refractivity contribution in [3.63, 3.8) is 0 Å². The second-order valence-corrected chi connectivity index (χ2v) is 9.58. The Kier molecular flexibility index (Phi) is 5.75. The van der Waals surface area contributed by atoms with Crippen molar-refractivity contribution in [3.05, 3.63) is 95.1 Å². The molecule has 0 radical (unpaired) electrons. The number of nitrogens with zero attached hydrogens (tertiary/aromatic N) is 2. The van der Waals surface area contributed by atoms with Crippen LogP contribution in [0.2, 0.25) is 0 Å². The third-order valence-electron chi connectivity index (χ3n) is 6.26. The van der Waals surface area contributed by atoms with Crippen molar-refractivity contribution in [2.24, 2.45) is 0 Å². The molecule has 0 saturated carbocycles. The Balaban J connectivity index is 1.59. The van der Waals surface area contributed by atoms with Gasteiger partial charge in [-0.1, -0.05) is 30.3 Å². The van der Waals surface area contributed by atoms with E-state index in [0.29, 0.717) is 40.4 Å². The average molecular weight is 499 g/mol. The van der Waals surface area contributed by atoms with Crippen LogP contribution in [0, 0.1) is 0 Å². The lowest BCUT2D eigenvalue weighted by Gasteiger charge is -2.33. The fraction of sp³-hybridized carbons (Fsp3) is 0.231. The van der Waals surface area contributed by atoms with Crippen LogP contribution in [0.15, 0.2) is 72.8 Å². The first-order valence-corrected chi connectivity index (χ1v) is 11.9. The average Bonchev–Trinajstić information content (AvgIpc) is 3.40. The van der Waals surface area contributed by atoms with E-state index in [-0.39, 0.29) is 18.4 Å². The van der Waals surface area contributed by atoms with Gasteiger partial charge in [0.15, 0.2) is 4.87 Å². The van der Waals surface area contributed by atoms with Gasteiger partial charge in [-0.2, -0.15) is 13.2 Å². The smallest absolute Gasteiger partial charge is 0.416 e. The number of benzene rings is 3. The number of ether oxygens (including phenoxy) is 1. The highest BCUT2D eigenvalue weighted by Crippen LogP contribution is 2.55. The van der Waals surface area contributed by atoms with E-state index in [2.05, 4.69) is 0 Å². The maximum absolute atomic E-state index is 14.1. The minimum Gasteiger partial charge on any atom is -0.497 e. The first kappa shape index (κ1) is 23.3. The van der Waals surface area contributed by atoms with Gasteiger partial charge >= 0.3 is 6.18 Å². The molecule has 0 unspecified atom stereocenters. The highest BCUT2D eigenvalue weighted by molar-refractivity contribution is 8.01. The number of halogens is 3. The van der Waals surface area contributed by atoms with Crippen molar-refractivity contribution in [3.8, 4) is 5.75 Å². The summed E-state index contributed by atoms with van der Waals surface area (Å²) in [7, 11) is 1.51. The Morgan fingerprint density at radius 1 is 1.06 bits per heavy atom. The summed E-state index contributed by atoms with van der Waals surface area (Å²) in [4.78, 5) is 29.3. The highest BCUT2D eigenvalue weighted by Gasteiger charge is 2.59. The minimum atomic E-state index is -4.49. The van der Waals surface area contributed by atoms with E-state index in [4.69, 9.17) is 4.74 Å². The van der Waals surface area contributed by atoms with E-state index in [1.165, 1.54) is 29.8 Å². The lowest BCUT2D eigenvalue weighted by molar-refractivity contribution is -0.137. The van der Waals surface area contributed by atoms with Crippen LogP contribution in [0.4, 0.5) is 18.9 Å². The molecule has 1 saturated heterocycles. The van der Waals surface area contributed by atoms with Gasteiger partial charge in [-0.3, -0.25) is 9.59 Å². The highest BCUT2D eigenvalue weighted by atomic mass is 32.2. The quantitative estimate of drug-likeness (QED) is 0.490. The topological polar surface area (TPSA) is 49.9 Å². The molecule has 0 bridgehead atoms. The number of hydrogen-bond donors (Lipinski definition) is 0. The zero-order valence-electron chi connectivity index (χ0n) is 18.7. The zero-order valence-corrected chi connectivity index (χ0v) is 19.5. The van der Waals surface area contributed by atoms with Crippen LogP contribution in [-0.4, -0.2) is 36.1 Å². The van der Waals surface area contributed by atoms with Crippen molar-refractivity contribution in [2.45, 2.75) is 17.6 Å². The lowest BCUT2D eigenvalue weighted by Crippen LogP contribution is -2.50. The molecule has 1 fully saturated rings. The maximum Gasteiger partial charge on any atom is 0.416 e. The van der Waals surface area contributed by atoms with Gasteiger partial charge < -0.3 is 14.5 Å². The lowest BCUT2D eigenvalue weighted by atomic mass is 10.0. The molecular formula is C26H21F3N2O3S. The zero-order chi connectivity index (χ0) is 24.8. The SMILES string of the molecule is COc1ccc2c(c1)[C@@]1(SCCN1C(=O)c1ccccc1)C(=O)N2Cc1cccc(C(F)(F)F)c1. The van der Waals surface area contributed by atoms with Crippen molar-refractivity contribution >= 4 is 29.3 Å². The molecule has 2 amide bonds. The van der Waals surface area contributed by atoms with Gasteiger partial charge in [0.1, 0.15) is 5.75 Å². The third-order valence-corrected chi connectivity index (χ3v) is 7.68.